The first-order valence-electron chi connectivity index (χ1n) is 5.31. The highest BCUT2D eigenvalue weighted by molar-refractivity contribution is 9.09. The van der Waals surface area contributed by atoms with E-state index in [9.17, 15) is 4.79 Å². The van der Waals surface area contributed by atoms with E-state index in [0.717, 1.165) is 50.2 Å². The summed E-state index contributed by atoms with van der Waals surface area (Å²) in [4.78, 5) is 13.5. The molecule has 0 unspecified atom stereocenters. The summed E-state index contributed by atoms with van der Waals surface area (Å²) in [5.74, 6) is 0.952. The van der Waals surface area contributed by atoms with Gasteiger partial charge in [-0.05, 0) is 12.8 Å². The van der Waals surface area contributed by atoms with Crippen molar-refractivity contribution in [3.63, 3.8) is 0 Å². The molecule has 2 fully saturated rings. The summed E-state index contributed by atoms with van der Waals surface area (Å²) in [6, 6.07) is 0. The minimum atomic E-state index is 0.249. The van der Waals surface area contributed by atoms with Crippen LogP contribution in [0.2, 0.25) is 0 Å². The van der Waals surface area contributed by atoms with Crippen LogP contribution < -0.4 is 0 Å². The summed E-state index contributed by atoms with van der Waals surface area (Å²) >= 11 is 5.04. The first-order valence-corrected chi connectivity index (χ1v) is 7.42. The summed E-state index contributed by atoms with van der Waals surface area (Å²) in [5, 5.41) is 1.22. The second-order valence-electron chi connectivity index (χ2n) is 4.28. The van der Waals surface area contributed by atoms with E-state index in [1.165, 1.54) is 11.8 Å². The Morgan fingerprint density at radius 2 is 2.20 bits per heavy atom. The van der Waals surface area contributed by atoms with Crippen LogP contribution in [0.25, 0.3) is 0 Å². The lowest BCUT2D eigenvalue weighted by Crippen LogP contribution is -2.42. The third kappa shape index (κ3) is 2.68. The van der Waals surface area contributed by atoms with Crippen molar-refractivity contribution in [2.75, 3.05) is 37.4 Å². The van der Waals surface area contributed by atoms with Crippen molar-refractivity contribution >= 4 is 32.9 Å². The number of hydrogen-bond acceptors (Lipinski definition) is 3. The number of rotatable bonds is 3. The van der Waals surface area contributed by atoms with Crippen LogP contribution in [0.3, 0.4) is 0 Å². The Morgan fingerprint density at radius 1 is 1.47 bits per heavy atom. The number of ether oxygens (including phenoxy) is 1. The van der Waals surface area contributed by atoms with E-state index >= 15 is 0 Å². The van der Waals surface area contributed by atoms with Gasteiger partial charge in [-0.15, -0.1) is 0 Å². The van der Waals surface area contributed by atoms with Crippen LogP contribution in [-0.4, -0.2) is 47.5 Å². The van der Waals surface area contributed by atoms with Crippen LogP contribution in [0.4, 0.5) is 4.79 Å². The summed E-state index contributed by atoms with van der Waals surface area (Å²) in [6.07, 6.45) is 2.12. The van der Waals surface area contributed by atoms with Gasteiger partial charge in [-0.2, -0.15) is 0 Å². The van der Waals surface area contributed by atoms with E-state index in [4.69, 9.17) is 4.74 Å². The number of amides is 1. The quantitative estimate of drug-likeness (QED) is 0.748. The third-order valence-electron chi connectivity index (χ3n) is 3.21. The minimum absolute atomic E-state index is 0.249. The maximum absolute atomic E-state index is 11.5. The zero-order chi connectivity index (χ0) is 10.7. The Bertz CT molecular complexity index is 244. The molecule has 2 rings (SSSR count). The number of carbonyl (C=O) groups excluding carboxylic acids is 1. The number of halogens is 1. The van der Waals surface area contributed by atoms with Gasteiger partial charge in [0.1, 0.15) is 0 Å². The molecule has 0 spiro atoms. The predicted octanol–water partition coefficient (Wildman–Crippen LogP) is 2.35. The molecule has 0 radical (unpaired) electrons. The highest BCUT2D eigenvalue weighted by Gasteiger charge is 2.36. The topological polar surface area (TPSA) is 29.5 Å². The molecule has 0 saturated carbocycles. The van der Waals surface area contributed by atoms with E-state index in [-0.39, 0.29) is 10.7 Å². The molecule has 2 saturated heterocycles. The van der Waals surface area contributed by atoms with Crippen molar-refractivity contribution in [3.05, 3.63) is 0 Å². The molecule has 0 aromatic rings. The number of hydrogen-bond donors (Lipinski definition) is 0. The molecule has 0 aromatic heterocycles. The van der Waals surface area contributed by atoms with Crippen LogP contribution in [-0.2, 0) is 4.74 Å². The second-order valence-corrected chi connectivity index (χ2v) is 5.89. The standard InChI is InChI=1S/C10H16BrNO2S/c11-7-10(1-4-14-5-2-10)8-12-3-6-15-9(12)13/h1-8H2. The van der Waals surface area contributed by atoms with Crippen molar-refractivity contribution in [1.29, 1.82) is 0 Å². The van der Waals surface area contributed by atoms with Crippen molar-refractivity contribution in [1.82, 2.24) is 4.90 Å². The summed E-state index contributed by atoms with van der Waals surface area (Å²) < 4.78 is 5.39. The smallest absolute Gasteiger partial charge is 0.281 e. The Kier molecular flexibility index (Phi) is 3.96. The van der Waals surface area contributed by atoms with E-state index in [1.54, 1.807) is 0 Å². The third-order valence-corrected chi connectivity index (χ3v) is 5.29. The largest absolute Gasteiger partial charge is 0.381 e. The minimum Gasteiger partial charge on any atom is -0.381 e. The van der Waals surface area contributed by atoms with Gasteiger partial charge in [0, 0.05) is 42.8 Å². The van der Waals surface area contributed by atoms with E-state index in [2.05, 4.69) is 15.9 Å². The molecule has 15 heavy (non-hydrogen) atoms. The van der Waals surface area contributed by atoms with Gasteiger partial charge in [-0.3, -0.25) is 4.79 Å². The van der Waals surface area contributed by atoms with Gasteiger partial charge in [0.2, 0.25) is 0 Å². The van der Waals surface area contributed by atoms with Gasteiger partial charge in [-0.1, -0.05) is 27.7 Å². The molecule has 2 aliphatic heterocycles. The van der Waals surface area contributed by atoms with E-state index in [0.29, 0.717) is 0 Å². The molecule has 0 aliphatic carbocycles. The van der Waals surface area contributed by atoms with E-state index < -0.39 is 0 Å². The summed E-state index contributed by atoms with van der Waals surface area (Å²) in [6.45, 7) is 3.48. The zero-order valence-electron chi connectivity index (χ0n) is 8.71. The Labute approximate surface area is 103 Å². The van der Waals surface area contributed by atoms with Crippen LogP contribution >= 0.6 is 27.7 Å². The summed E-state index contributed by atoms with van der Waals surface area (Å²) in [7, 11) is 0. The first kappa shape index (κ1) is 11.7. The lowest BCUT2D eigenvalue weighted by Gasteiger charge is -2.38. The Hall–Kier alpha value is 0.260. The number of carbonyl (C=O) groups is 1. The molecule has 0 bridgehead atoms. The number of nitrogens with zero attached hydrogens (tertiary/aromatic N) is 1. The molecule has 0 N–H and O–H groups in total. The van der Waals surface area contributed by atoms with Crippen LogP contribution in [0.5, 0.6) is 0 Å². The fourth-order valence-electron chi connectivity index (χ4n) is 2.11. The number of alkyl halides is 1. The zero-order valence-corrected chi connectivity index (χ0v) is 11.1. The predicted molar refractivity (Wildman–Crippen MR) is 65.7 cm³/mol. The van der Waals surface area contributed by atoms with Gasteiger partial charge >= 0.3 is 0 Å². The Morgan fingerprint density at radius 3 is 2.73 bits per heavy atom. The lowest BCUT2D eigenvalue weighted by molar-refractivity contribution is 0.0162. The van der Waals surface area contributed by atoms with Gasteiger partial charge in [-0.25, -0.2) is 0 Å². The lowest BCUT2D eigenvalue weighted by atomic mass is 9.82. The van der Waals surface area contributed by atoms with Crippen LogP contribution in [0, 0.1) is 5.41 Å². The highest BCUT2D eigenvalue weighted by atomic mass is 79.9. The van der Waals surface area contributed by atoms with Crippen molar-refractivity contribution in [3.8, 4) is 0 Å². The molecule has 3 nitrogen and oxygen atoms in total. The molecular formula is C10H16BrNO2S. The SMILES string of the molecule is O=C1SCCN1CC1(CBr)CCOCC1. The van der Waals surface area contributed by atoms with Crippen molar-refractivity contribution < 1.29 is 9.53 Å². The average molecular weight is 294 g/mol. The average Bonchev–Trinajstić information content (AvgIpc) is 2.66. The van der Waals surface area contributed by atoms with Gasteiger partial charge < -0.3 is 9.64 Å². The first-order chi connectivity index (χ1) is 7.26. The number of thioether (sulfide) groups is 1. The fraction of sp³-hybridized carbons (Fsp3) is 0.900. The summed E-state index contributed by atoms with van der Waals surface area (Å²) in [5.41, 5.74) is 0.249. The van der Waals surface area contributed by atoms with Crippen LogP contribution in [0.1, 0.15) is 12.8 Å². The molecule has 2 heterocycles. The molecule has 86 valence electrons. The van der Waals surface area contributed by atoms with Crippen molar-refractivity contribution in [2.24, 2.45) is 5.41 Å². The van der Waals surface area contributed by atoms with Gasteiger partial charge in [0.05, 0.1) is 0 Å². The molecule has 0 aromatic carbocycles. The monoisotopic (exact) mass is 293 g/mol. The molecular weight excluding hydrogens is 278 g/mol. The normalized spacial score (nSPS) is 25.9. The molecule has 5 heteroatoms. The molecule has 0 atom stereocenters. The van der Waals surface area contributed by atoms with Gasteiger partial charge in [0.25, 0.3) is 5.24 Å². The highest BCUT2D eigenvalue weighted by Crippen LogP contribution is 2.35. The van der Waals surface area contributed by atoms with Gasteiger partial charge in [0.15, 0.2) is 0 Å². The second kappa shape index (κ2) is 5.06. The maximum Gasteiger partial charge on any atom is 0.281 e. The molecule has 2 aliphatic rings. The fourth-order valence-corrected chi connectivity index (χ4v) is 3.68. The van der Waals surface area contributed by atoms with Crippen molar-refractivity contribution in [2.45, 2.75) is 12.8 Å². The maximum atomic E-state index is 11.5. The molecule has 1 amide bonds. The Balaban J connectivity index is 1.97. The van der Waals surface area contributed by atoms with E-state index in [1.807, 2.05) is 4.90 Å². The van der Waals surface area contributed by atoms with Crippen LogP contribution in [0.15, 0.2) is 0 Å².